The second kappa shape index (κ2) is 9.73. The third-order valence-electron chi connectivity index (χ3n) is 4.89. The van der Waals surface area contributed by atoms with Crippen molar-refractivity contribution in [1.82, 2.24) is 29.6 Å². The molecule has 0 bridgehead atoms. The van der Waals surface area contributed by atoms with Gasteiger partial charge < -0.3 is 4.90 Å². The molecule has 3 aromatic rings. The van der Waals surface area contributed by atoms with Crippen LogP contribution >= 0.6 is 0 Å². The zero-order valence-corrected chi connectivity index (χ0v) is 18.0. The molecule has 0 aliphatic carbocycles. The monoisotopic (exact) mass is 526 g/mol. The van der Waals surface area contributed by atoms with Gasteiger partial charge in [-0.3, -0.25) is 4.79 Å². The van der Waals surface area contributed by atoms with E-state index in [9.17, 15) is 44.3 Å². The lowest BCUT2D eigenvalue weighted by atomic mass is 10.0. The summed E-state index contributed by atoms with van der Waals surface area (Å²) < 4.78 is 119. The van der Waals surface area contributed by atoms with Gasteiger partial charge in [-0.05, 0) is 31.2 Å². The van der Waals surface area contributed by atoms with E-state index in [0.717, 1.165) is 11.0 Å². The van der Waals surface area contributed by atoms with Crippen LogP contribution in [0.4, 0.5) is 39.5 Å². The second-order valence-corrected chi connectivity index (χ2v) is 7.41. The van der Waals surface area contributed by atoms with Gasteiger partial charge in [0.15, 0.2) is 5.82 Å². The maximum absolute atomic E-state index is 13.3. The van der Waals surface area contributed by atoms with Crippen LogP contribution in [0.15, 0.2) is 43.0 Å². The number of nitrogens with zero attached hydrogens (tertiary/aromatic N) is 6. The van der Waals surface area contributed by atoms with E-state index in [2.05, 4.69) is 20.1 Å². The van der Waals surface area contributed by atoms with Crippen molar-refractivity contribution in [3.8, 4) is 5.95 Å². The van der Waals surface area contributed by atoms with Crippen molar-refractivity contribution >= 4 is 5.91 Å². The van der Waals surface area contributed by atoms with Crippen molar-refractivity contribution in [1.29, 1.82) is 0 Å². The summed E-state index contributed by atoms with van der Waals surface area (Å²) in [5.41, 5.74) is -4.68. The first kappa shape index (κ1) is 26.9. The second-order valence-electron chi connectivity index (χ2n) is 7.41. The molecule has 0 saturated carbocycles. The summed E-state index contributed by atoms with van der Waals surface area (Å²) in [6.45, 7) is 0.0968. The van der Waals surface area contributed by atoms with Gasteiger partial charge in [-0.1, -0.05) is 0 Å². The lowest BCUT2D eigenvalue weighted by molar-refractivity contribution is -0.143. The molecule has 0 fully saturated rings. The molecule has 0 aliphatic rings. The Labute approximate surface area is 196 Å². The molecule has 16 heteroatoms. The summed E-state index contributed by atoms with van der Waals surface area (Å²) >= 11 is 0. The van der Waals surface area contributed by atoms with Crippen LogP contribution in [0.25, 0.3) is 5.95 Å². The Hall–Kier alpha value is -3.72. The molecule has 1 atom stereocenters. The van der Waals surface area contributed by atoms with Gasteiger partial charge in [-0.2, -0.15) is 49.3 Å². The molecule has 36 heavy (non-hydrogen) atoms. The minimum absolute atomic E-state index is 0.0847. The molecule has 2 aromatic heterocycles. The van der Waals surface area contributed by atoms with E-state index in [1.807, 2.05) is 0 Å². The summed E-state index contributed by atoms with van der Waals surface area (Å²) in [5.74, 6) is -1.77. The Morgan fingerprint density at radius 3 is 1.97 bits per heavy atom. The van der Waals surface area contributed by atoms with Gasteiger partial charge in [-0.25, -0.2) is 15.0 Å². The van der Waals surface area contributed by atoms with Crippen molar-refractivity contribution in [2.24, 2.45) is 0 Å². The van der Waals surface area contributed by atoms with Crippen molar-refractivity contribution in [3.05, 3.63) is 65.5 Å². The van der Waals surface area contributed by atoms with Crippen LogP contribution in [0.2, 0.25) is 0 Å². The minimum atomic E-state index is -5.26. The number of hydrogen-bond acceptors (Lipinski definition) is 5. The summed E-state index contributed by atoms with van der Waals surface area (Å²) in [4.78, 5) is 25.3. The molecule has 2 heterocycles. The van der Waals surface area contributed by atoms with E-state index in [1.165, 1.54) is 25.4 Å². The number of carbonyl (C=O) groups is 1. The predicted molar refractivity (Wildman–Crippen MR) is 104 cm³/mol. The van der Waals surface area contributed by atoms with Crippen molar-refractivity contribution in [3.63, 3.8) is 0 Å². The van der Waals surface area contributed by atoms with Crippen LogP contribution in [0, 0.1) is 0 Å². The van der Waals surface area contributed by atoms with Gasteiger partial charge in [0.25, 0.3) is 11.9 Å². The highest BCUT2D eigenvalue weighted by Crippen LogP contribution is 2.37. The maximum atomic E-state index is 13.3. The fourth-order valence-corrected chi connectivity index (χ4v) is 3.19. The first-order valence-electron chi connectivity index (χ1n) is 9.92. The molecule has 1 amide bonds. The van der Waals surface area contributed by atoms with Crippen LogP contribution in [0.3, 0.4) is 0 Å². The normalized spacial score (nSPS) is 13.5. The van der Waals surface area contributed by atoms with Crippen molar-refractivity contribution in [2.45, 2.75) is 37.9 Å². The number of rotatable bonds is 6. The van der Waals surface area contributed by atoms with Gasteiger partial charge in [0.05, 0.1) is 23.6 Å². The Morgan fingerprint density at radius 1 is 0.917 bits per heavy atom. The molecule has 7 nitrogen and oxygen atoms in total. The van der Waals surface area contributed by atoms with Crippen LogP contribution in [-0.4, -0.2) is 48.3 Å². The smallest absolute Gasteiger partial charge is 0.328 e. The van der Waals surface area contributed by atoms with Gasteiger partial charge in [0.1, 0.15) is 6.33 Å². The summed E-state index contributed by atoms with van der Waals surface area (Å²) in [6.07, 6.45) is -13.3. The van der Waals surface area contributed by atoms with Gasteiger partial charge in [-0.15, -0.1) is 0 Å². The minimum Gasteiger partial charge on any atom is -0.328 e. The van der Waals surface area contributed by atoms with E-state index in [4.69, 9.17) is 0 Å². The molecule has 1 unspecified atom stereocenters. The zero-order chi connectivity index (χ0) is 26.9. The number of carbonyl (C=O) groups excluding carboxylic acids is 1. The van der Waals surface area contributed by atoms with Crippen LogP contribution in [0.5, 0.6) is 0 Å². The van der Waals surface area contributed by atoms with Gasteiger partial charge in [0.2, 0.25) is 0 Å². The number of alkyl halides is 9. The Balaban J connectivity index is 2.09. The van der Waals surface area contributed by atoms with E-state index in [0.29, 0.717) is 4.90 Å². The number of amides is 1. The van der Waals surface area contributed by atoms with Gasteiger partial charge >= 0.3 is 18.5 Å². The predicted octanol–water partition coefficient (Wildman–Crippen LogP) is 5.25. The Morgan fingerprint density at radius 2 is 1.47 bits per heavy atom. The highest BCUT2D eigenvalue weighted by Gasteiger charge is 2.39. The molecular weight excluding hydrogens is 511 g/mol. The highest BCUT2D eigenvalue weighted by molar-refractivity contribution is 5.95. The van der Waals surface area contributed by atoms with E-state index < -0.39 is 60.1 Å². The van der Waals surface area contributed by atoms with Crippen LogP contribution in [-0.2, 0) is 12.4 Å². The quantitative estimate of drug-likeness (QED) is 0.410. The van der Waals surface area contributed by atoms with Crippen LogP contribution < -0.4 is 0 Å². The number of halogens is 9. The first-order valence-corrected chi connectivity index (χ1v) is 9.92. The van der Waals surface area contributed by atoms with Gasteiger partial charge in [0, 0.05) is 24.5 Å². The van der Waals surface area contributed by atoms with E-state index >= 15 is 0 Å². The molecule has 1 aromatic carbocycles. The SMILES string of the molecule is CC(c1ncnn1-c1ncccn1)N(CCC(F)(F)F)C(=O)c1cc(C(F)(F)F)cc(C(F)(F)F)c1. The standard InChI is InChI=1S/C20H15F9N6O/c1-11(15-32-10-33-35(15)17-30-4-2-5-31-17)34(6-3-18(21,22)23)16(36)12-7-13(19(24,25)26)9-14(8-12)20(27,28)29/h2,4-5,7-11H,3,6H2,1H3. The number of aromatic nitrogens is 5. The topological polar surface area (TPSA) is 76.8 Å². The van der Waals surface area contributed by atoms with Crippen molar-refractivity contribution < 1.29 is 44.3 Å². The zero-order valence-electron chi connectivity index (χ0n) is 18.0. The summed E-state index contributed by atoms with van der Waals surface area (Å²) in [6, 6.07) is 0.166. The lowest BCUT2D eigenvalue weighted by Crippen LogP contribution is -2.38. The molecule has 0 aliphatic heterocycles. The Bertz CT molecular complexity index is 1170. The average molecular weight is 526 g/mol. The third-order valence-corrected chi connectivity index (χ3v) is 4.89. The molecule has 0 saturated heterocycles. The highest BCUT2D eigenvalue weighted by atomic mass is 19.4. The lowest BCUT2D eigenvalue weighted by Gasteiger charge is -2.29. The third kappa shape index (κ3) is 6.28. The fraction of sp³-hybridized carbons (Fsp3) is 0.350. The first-order chi connectivity index (χ1) is 16.6. The largest absolute Gasteiger partial charge is 0.416 e. The molecule has 0 N–H and O–H groups in total. The van der Waals surface area contributed by atoms with E-state index in [1.54, 1.807) is 0 Å². The average Bonchev–Trinajstić information content (AvgIpc) is 3.27. The number of hydrogen-bond donors (Lipinski definition) is 0. The molecular formula is C20H15F9N6O. The summed E-state index contributed by atoms with van der Waals surface area (Å²) in [7, 11) is 0. The fourth-order valence-electron chi connectivity index (χ4n) is 3.19. The van der Waals surface area contributed by atoms with Crippen molar-refractivity contribution in [2.75, 3.05) is 6.54 Å². The molecule has 194 valence electrons. The maximum Gasteiger partial charge on any atom is 0.416 e. The van der Waals surface area contributed by atoms with Crippen LogP contribution in [0.1, 0.15) is 46.7 Å². The molecule has 0 radical (unpaired) electrons. The number of benzene rings is 1. The molecule has 3 rings (SSSR count). The molecule has 0 spiro atoms. The summed E-state index contributed by atoms with van der Waals surface area (Å²) in [5, 5.41) is 3.85. The Kier molecular flexibility index (Phi) is 7.27. The van der Waals surface area contributed by atoms with E-state index in [-0.39, 0.29) is 30.0 Å².